The van der Waals surface area contributed by atoms with Crippen molar-refractivity contribution in [3.63, 3.8) is 0 Å². The summed E-state index contributed by atoms with van der Waals surface area (Å²) in [5.74, 6) is 1.01. The van der Waals surface area contributed by atoms with Crippen LogP contribution in [0.1, 0.15) is 35.2 Å². The quantitative estimate of drug-likeness (QED) is 0.337. The van der Waals surface area contributed by atoms with E-state index in [2.05, 4.69) is 20.7 Å². The highest BCUT2D eigenvalue weighted by molar-refractivity contribution is 6.06. The van der Waals surface area contributed by atoms with E-state index in [1.807, 2.05) is 51.1 Å². The summed E-state index contributed by atoms with van der Waals surface area (Å²) in [6, 6.07) is 17.0. The minimum atomic E-state index is -0.556. The van der Waals surface area contributed by atoms with Crippen LogP contribution >= 0.6 is 0 Å². The highest BCUT2D eigenvalue weighted by Gasteiger charge is 2.34. The van der Waals surface area contributed by atoms with E-state index in [-0.39, 0.29) is 18.3 Å². The molecule has 38 heavy (non-hydrogen) atoms. The van der Waals surface area contributed by atoms with E-state index in [0.717, 1.165) is 27.9 Å². The number of benzene rings is 3. The van der Waals surface area contributed by atoms with Crippen LogP contribution in [0, 0.1) is 19.7 Å². The predicted molar refractivity (Wildman–Crippen MR) is 143 cm³/mol. The van der Waals surface area contributed by atoms with E-state index in [1.54, 1.807) is 30.0 Å². The van der Waals surface area contributed by atoms with Crippen molar-refractivity contribution in [3.05, 3.63) is 106 Å². The minimum absolute atomic E-state index is 0.247. The maximum atomic E-state index is 13.7. The maximum Gasteiger partial charge on any atom is 0.255 e. The van der Waals surface area contributed by atoms with Gasteiger partial charge in [0.15, 0.2) is 11.5 Å². The molecule has 1 atom stereocenters. The largest absolute Gasteiger partial charge is 0.493 e. The first kappa shape index (κ1) is 25.0. The molecule has 1 amide bonds. The van der Waals surface area contributed by atoms with Crippen LogP contribution in [-0.2, 0) is 11.4 Å². The Balaban J connectivity index is 1.47. The molecule has 0 radical (unpaired) electrons. The lowest BCUT2D eigenvalue weighted by atomic mass is 9.94. The normalized spacial score (nSPS) is 14.5. The number of aryl methyl sites for hydroxylation is 2. The Bertz CT molecular complexity index is 1530. The molecule has 0 saturated carbocycles. The Morgan fingerprint density at radius 1 is 1.05 bits per heavy atom. The summed E-state index contributed by atoms with van der Waals surface area (Å²) >= 11 is 0. The molecular formula is C29H28FN5O3. The molecule has 5 rings (SSSR count). The number of hydrogen-bond donors (Lipinski definition) is 2. The molecule has 2 heterocycles. The van der Waals surface area contributed by atoms with Crippen molar-refractivity contribution in [1.29, 1.82) is 0 Å². The fraction of sp³-hybridized carbons (Fsp3) is 0.207. The van der Waals surface area contributed by atoms with Gasteiger partial charge >= 0.3 is 0 Å². The van der Waals surface area contributed by atoms with E-state index in [1.165, 1.54) is 18.5 Å². The lowest BCUT2D eigenvalue weighted by Crippen LogP contribution is -2.31. The number of nitrogens with one attached hydrogen (secondary N) is 2. The molecule has 0 saturated heterocycles. The molecule has 0 aliphatic carbocycles. The number of allylic oxidation sites excluding steroid dienone is 1. The van der Waals surface area contributed by atoms with Gasteiger partial charge in [-0.25, -0.2) is 9.07 Å². The molecule has 1 aliphatic rings. The first-order valence-corrected chi connectivity index (χ1v) is 12.1. The second kappa shape index (κ2) is 10.4. The molecule has 1 aliphatic heterocycles. The van der Waals surface area contributed by atoms with Crippen LogP contribution in [0.15, 0.2) is 78.3 Å². The Labute approximate surface area is 220 Å². The number of fused-ring (bicyclic) bond motifs is 1. The molecule has 194 valence electrons. The number of carbonyl (C=O) groups excluding carboxylic acids is 1. The summed E-state index contributed by atoms with van der Waals surface area (Å²) in [4.78, 5) is 18.0. The van der Waals surface area contributed by atoms with E-state index in [4.69, 9.17) is 9.47 Å². The first-order chi connectivity index (χ1) is 18.3. The Morgan fingerprint density at radius 2 is 1.84 bits per heavy atom. The highest BCUT2D eigenvalue weighted by atomic mass is 19.1. The zero-order valence-corrected chi connectivity index (χ0v) is 21.6. The number of halogens is 1. The molecular weight excluding hydrogens is 485 g/mol. The van der Waals surface area contributed by atoms with E-state index in [0.29, 0.717) is 28.7 Å². The van der Waals surface area contributed by atoms with Gasteiger partial charge in [0.05, 0.1) is 12.7 Å². The number of ether oxygens (including phenoxy) is 2. The number of anilines is 2. The number of nitrogens with zero attached hydrogens (tertiary/aromatic N) is 3. The smallest absolute Gasteiger partial charge is 0.255 e. The number of methoxy groups -OCH3 is 1. The fourth-order valence-electron chi connectivity index (χ4n) is 4.55. The SMILES string of the molecule is COc1cc(C2C(C(=O)Nc3ccc(C)cc3C)=C(C)Nc3ncnn32)ccc1OCc1ccc(F)cc1. The highest BCUT2D eigenvalue weighted by Crippen LogP contribution is 2.39. The molecule has 9 heteroatoms. The first-order valence-electron chi connectivity index (χ1n) is 12.1. The summed E-state index contributed by atoms with van der Waals surface area (Å²) in [5, 5.41) is 10.7. The zero-order valence-electron chi connectivity index (χ0n) is 21.6. The Hall–Kier alpha value is -4.66. The van der Waals surface area contributed by atoms with Gasteiger partial charge in [-0.3, -0.25) is 4.79 Å². The van der Waals surface area contributed by atoms with Gasteiger partial charge in [-0.15, -0.1) is 0 Å². The van der Waals surface area contributed by atoms with E-state index in [9.17, 15) is 9.18 Å². The number of rotatable bonds is 7. The lowest BCUT2D eigenvalue weighted by Gasteiger charge is -2.29. The molecule has 1 unspecified atom stereocenters. The van der Waals surface area contributed by atoms with Crippen LogP contribution in [0.5, 0.6) is 11.5 Å². The van der Waals surface area contributed by atoms with E-state index < -0.39 is 6.04 Å². The molecule has 0 fully saturated rings. The molecule has 8 nitrogen and oxygen atoms in total. The van der Waals surface area contributed by atoms with Gasteiger partial charge in [0.1, 0.15) is 24.8 Å². The van der Waals surface area contributed by atoms with Gasteiger partial charge in [0.2, 0.25) is 5.95 Å². The average molecular weight is 514 g/mol. The second-order valence-corrected chi connectivity index (χ2v) is 9.19. The molecule has 2 N–H and O–H groups in total. The van der Waals surface area contributed by atoms with Crippen LogP contribution in [0.25, 0.3) is 0 Å². The summed E-state index contributed by atoms with van der Waals surface area (Å²) in [6.45, 7) is 6.07. The van der Waals surface area contributed by atoms with Gasteiger partial charge in [-0.2, -0.15) is 10.1 Å². The van der Waals surface area contributed by atoms with Crippen molar-refractivity contribution in [1.82, 2.24) is 14.8 Å². The second-order valence-electron chi connectivity index (χ2n) is 9.19. The van der Waals surface area contributed by atoms with Gasteiger partial charge in [-0.05, 0) is 67.8 Å². The summed E-state index contributed by atoms with van der Waals surface area (Å²) in [5.41, 5.74) is 5.61. The standard InChI is InChI=1S/C29H28FN5O3/c1-17-5-11-23(18(2)13-17)34-28(36)26-19(3)33-29-31-16-32-35(29)27(26)21-8-12-24(25(14-21)37-4)38-15-20-6-9-22(30)10-7-20/h5-14,16,27H,15H2,1-4H3,(H,34,36)(H,31,32,33). The fourth-order valence-corrected chi connectivity index (χ4v) is 4.55. The summed E-state index contributed by atoms with van der Waals surface area (Å²) in [6.07, 6.45) is 1.45. The topological polar surface area (TPSA) is 90.3 Å². The molecule has 0 spiro atoms. The van der Waals surface area contributed by atoms with E-state index >= 15 is 0 Å². The summed E-state index contributed by atoms with van der Waals surface area (Å²) in [7, 11) is 1.56. The van der Waals surface area contributed by atoms with Crippen molar-refractivity contribution in [2.45, 2.75) is 33.4 Å². The van der Waals surface area contributed by atoms with Crippen molar-refractivity contribution in [2.24, 2.45) is 0 Å². The van der Waals surface area contributed by atoms with Crippen molar-refractivity contribution in [3.8, 4) is 11.5 Å². The monoisotopic (exact) mass is 513 g/mol. The number of amides is 1. The minimum Gasteiger partial charge on any atom is -0.493 e. The zero-order chi connectivity index (χ0) is 26.8. The third-order valence-corrected chi connectivity index (χ3v) is 6.48. The van der Waals surface area contributed by atoms with Crippen molar-refractivity contribution in [2.75, 3.05) is 17.7 Å². The van der Waals surface area contributed by atoms with Crippen molar-refractivity contribution >= 4 is 17.5 Å². The van der Waals surface area contributed by atoms with Gasteiger partial charge in [0, 0.05) is 11.4 Å². The van der Waals surface area contributed by atoms with Crippen LogP contribution in [0.3, 0.4) is 0 Å². The van der Waals surface area contributed by atoms with Gasteiger partial charge in [0.25, 0.3) is 5.91 Å². The molecule has 1 aromatic heterocycles. The number of aromatic nitrogens is 3. The maximum absolute atomic E-state index is 13.7. The number of carbonyl (C=O) groups is 1. The van der Waals surface area contributed by atoms with Crippen LogP contribution in [-0.4, -0.2) is 27.8 Å². The van der Waals surface area contributed by atoms with Crippen LogP contribution in [0.2, 0.25) is 0 Å². The van der Waals surface area contributed by atoms with Crippen molar-refractivity contribution < 1.29 is 18.7 Å². The van der Waals surface area contributed by atoms with Gasteiger partial charge < -0.3 is 20.1 Å². The predicted octanol–water partition coefficient (Wildman–Crippen LogP) is 5.55. The number of hydrogen-bond acceptors (Lipinski definition) is 6. The molecule has 4 aromatic rings. The third kappa shape index (κ3) is 4.95. The van der Waals surface area contributed by atoms with Crippen LogP contribution in [0.4, 0.5) is 16.0 Å². The lowest BCUT2D eigenvalue weighted by molar-refractivity contribution is -0.113. The van der Waals surface area contributed by atoms with Crippen LogP contribution < -0.4 is 20.1 Å². The Kier molecular flexibility index (Phi) is 6.83. The molecule has 0 bridgehead atoms. The average Bonchev–Trinajstić information content (AvgIpc) is 3.37. The Morgan fingerprint density at radius 3 is 2.58 bits per heavy atom. The summed E-state index contributed by atoms with van der Waals surface area (Å²) < 4.78 is 26.5. The molecule has 3 aromatic carbocycles. The third-order valence-electron chi connectivity index (χ3n) is 6.48. The van der Waals surface area contributed by atoms with Gasteiger partial charge in [-0.1, -0.05) is 35.9 Å².